The molecule has 0 bridgehead atoms. The van der Waals surface area contributed by atoms with E-state index in [1.807, 2.05) is 0 Å². The Hall–Kier alpha value is -0.440. The Balaban J connectivity index is 2.08. The second-order valence-electron chi connectivity index (χ2n) is 5.24. The molecule has 0 heterocycles. The first-order chi connectivity index (χ1) is 7.90. The number of hydrogen-bond acceptors (Lipinski definition) is 2. The molecule has 1 aliphatic carbocycles. The quantitative estimate of drug-likeness (QED) is 0.870. The van der Waals surface area contributed by atoms with E-state index in [1.165, 1.54) is 12.8 Å². The fraction of sp³-hybridized carbons (Fsp3) is 0.538. The Morgan fingerprint density at radius 3 is 2.59 bits per heavy atom. The van der Waals surface area contributed by atoms with Crippen LogP contribution in [0.4, 0.5) is 0 Å². The topological polar surface area (TPSA) is 32.3 Å². The largest absolute Gasteiger partial charge is 0.506 e. The average Bonchev–Trinajstić information content (AvgIpc) is 3.05. The van der Waals surface area contributed by atoms with Crippen LogP contribution in [0.25, 0.3) is 0 Å². The Bertz CT molecular complexity index is 428. The molecule has 1 fully saturated rings. The van der Waals surface area contributed by atoms with Gasteiger partial charge in [0, 0.05) is 22.7 Å². The maximum absolute atomic E-state index is 9.84. The lowest BCUT2D eigenvalue weighted by Crippen LogP contribution is -2.40. The predicted octanol–water partition coefficient (Wildman–Crippen LogP) is 3.98. The number of benzene rings is 1. The first-order valence-corrected chi connectivity index (χ1v) is 6.57. The van der Waals surface area contributed by atoms with Crippen molar-refractivity contribution in [2.24, 2.45) is 5.92 Å². The molecule has 1 saturated carbocycles. The molecule has 0 aromatic heterocycles. The van der Waals surface area contributed by atoms with E-state index in [9.17, 15) is 5.11 Å². The molecular weight excluding hydrogens is 257 g/mol. The van der Waals surface area contributed by atoms with Gasteiger partial charge in [-0.05, 0) is 44.7 Å². The molecule has 17 heavy (non-hydrogen) atoms. The van der Waals surface area contributed by atoms with Gasteiger partial charge in [0.05, 0.1) is 5.02 Å². The molecule has 0 saturated heterocycles. The van der Waals surface area contributed by atoms with Gasteiger partial charge in [-0.2, -0.15) is 0 Å². The molecule has 0 aliphatic heterocycles. The van der Waals surface area contributed by atoms with Crippen LogP contribution in [0, 0.1) is 5.92 Å². The van der Waals surface area contributed by atoms with Gasteiger partial charge in [0.2, 0.25) is 0 Å². The van der Waals surface area contributed by atoms with Gasteiger partial charge >= 0.3 is 0 Å². The van der Waals surface area contributed by atoms with E-state index in [4.69, 9.17) is 23.2 Å². The van der Waals surface area contributed by atoms with Crippen LogP contribution >= 0.6 is 23.2 Å². The van der Waals surface area contributed by atoms with Gasteiger partial charge in [-0.15, -0.1) is 0 Å². The smallest absolute Gasteiger partial charge is 0.138 e. The highest BCUT2D eigenvalue weighted by Gasteiger charge is 2.37. The molecule has 0 unspecified atom stereocenters. The van der Waals surface area contributed by atoms with Crippen LogP contribution in [0.3, 0.4) is 0 Å². The summed E-state index contributed by atoms with van der Waals surface area (Å²) in [7, 11) is 0. The molecule has 1 aliphatic rings. The molecule has 1 aromatic carbocycles. The minimum absolute atomic E-state index is 0.0984. The van der Waals surface area contributed by atoms with E-state index in [-0.39, 0.29) is 11.3 Å². The molecule has 0 atom stereocenters. The molecule has 2 rings (SSSR count). The van der Waals surface area contributed by atoms with Gasteiger partial charge in [0.15, 0.2) is 0 Å². The van der Waals surface area contributed by atoms with Crippen molar-refractivity contribution in [3.05, 3.63) is 27.7 Å². The van der Waals surface area contributed by atoms with E-state index in [0.29, 0.717) is 16.6 Å². The minimum atomic E-state index is 0.0984. The van der Waals surface area contributed by atoms with Crippen molar-refractivity contribution in [1.82, 2.24) is 5.32 Å². The summed E-state index contributed by atoms with van der Waals surface area (Å²) in [6, 6.07) is 3.30. The summed E-state index contributed by atoms with van der Waals surface area (Å²) in [5, 5.41) is 14.2. The molecule has 0 amide bonds. The molecule has 0 radical (unpaired) electrons. The average molecular weight is 274 g/mol. The van der Waals surface area contributed by atoms with E-state index in [2.05, 4.69) is 19.2 Å². The van der Waals surface area contributed by atoms with Crippen LogP contribution in [0.2, 0.25) is 10.0 Å². The van der Waals surface area contributed by atoms with E-state index in [0.717, 1.165) is 11.5 Å². The Labute approximate surface area is 112 Å². The lowest BCUT2D eigenvalue weighted by Gasteiger charge is -2.26. The first kappa shape index (κ1) is 13.0. The fourth-order valence-electron chi connectivity index (χ4n) is 2.03. The second kappa shape index (κ2) is 4.68. The summed E-state index contributed by atoms with van der Waals surface area (Å²) in [6.45, 7) is 4.96. The molecule has 1 aromatic rings. The van der Waals surface area contributed by atoms with Crippen molar-refractivity contribution < 1.29 is 5.11 Å². The standard InChI is InChI=1S/C13H17Cl2NO/c1-13(2,9-3-4-9)16-7-8-5-10(14)6-11(15)12(8)17/h5-6,9,16-17H,3-4,7H2,1-2H3. The highest BCUT2D eigenvalue weighted by Crippen LogP contribution is 2.39. The fourth-order valence-corrected chi connectivity index (χ4v) is 2.56. The van der Waals surface area contributed by atoms with E-state index >= 15 is 0 Å². The number of hydrogen-bond donors (Lipinski definition) is 2. The van der Waals surface area contributed by atoms with Crippen LogP contribution in [-0.4, -0.2) is 10.6 Å². The molecule has 4 heteroatoms. The summed E-state index contributed by atoms with van der Waals surface area (Å²) in [5.74, 6) is 0.856. The van der Waals surface area contributed by atoms with Gasteiger partial charge in [0.1, 0.15) is 5.75 Å². The monoisotopic (exact) mass is 273 g/mol. The number of aromatic hydroxyl groups is 1. The van der Waals surface area contributed by atoms with Crippen LogP contribution < -0.4 is 5.32 Å². The number of rotatable bonds is 4. The van der Waals surface area contributed by atoms with Crippen molar-refractivity contribution in [3.8, 4) is 5.75 Å². The predicted molar refractivity (Wildman–Crippen MR) is 71.8 cm³/mol. The van der Waals surface area contributed by atoms with Crippen molar-refractivity contribution in [1.29, 1.82) is 0 Å². The van der Waals surface area contributed by atoms with Crippen LogP contribution in [0.15, 0.2) is 12.1 Å². The van der Waals surface area contributed by atoms with Crippen LogP contribution in [0.1, 0.15) is 32.3 Å². The van der Waals surface area contributed by atoms with Crippen molar-refractivity contribution in [3.63, 3.8) is 0 Å². The van der Waals surface area contributed by atoms with Crippen LogP contribution in [-0.2, 0) is 6.54 Å². The molecule has 2 N–H and O–H groups in total. The third-order valence-electron chi connectivity index (χ3n) is 3.44. The lowest BCUT2D eigenvalue weighted by molar-refractivity contribution is 0.336. The summed E-state index contributed by atoms with van der Waals surface area (Å²) >= 11 is 11.8. The number of phenolic OH excluding ortho intramolecular Hbond substituents is 1. The van der Waals surface area contributed by atoms with Gasteiger partial charge in [0.25, 0.3) is 0 Å². The summed E-state index contributed by atoms with van der Waals surface area (Å²) < 4.78 is 0. The van der Waals surface area contributed by atoms with Crippen LogP contribution in [0.5, 0.6) is 5.75 Å². The highest BCUT2D eigenvalue weighted by molar-refractivity contribution is 6.35. The van der Waals surface area contributed by atoms with Gasteiger partial charge in [-0.3, -0.25) is 0 Å². The minimum Gasteiger partial charge on any atom is -0.506 e. The zero-order valence-electron chi connectivity index (χ0n) is 10.1. The molecule has 0 spiro atoms. The lowest BCUT2D eigenvalue weighted by atomic mass is 9.98. The Morgan fingerprint density at radius 1 is 1.35 bits per heavy atom. The van der Waals surface area contributed by atoms with Crippen molar-refractivity contribution in [2.75, 3.05) is 0 Å². The summed E-state index contributed by atoms with van der Waals surface area (Å²) in [6.07, 6.45) is 2.56. The number of nitrogens with one attached hydrogen (secondary N) is 1. The van der Waals surface area contributed by atoms with Gasteiger partial charge in [-0.25, -0.2) is 0 Å². The second-order valence-corrected chi connectivity index (χ2v) is 6.09. The van der Waals surface area contributed by atoms with E-state index < -0.39 is 0 Å². The maximum atomic E-state index is 9.84. The van der Waals surface area contributed by atoms with Crippen molar-refractivity contribution >= 4 is 23.2 Å². The maximum Gasteiger partial charge on any atom is 0.138 e. The third-order valence-corrected chi connectivity index (χ3v) is 3.95. The molecular formula is C13H17Cl2NO. The van der Waals surface area contributed by atoms with E-state index in [1.54, 1.807) is 12.1 Å². The molecule has 2 nitrogen and oxygen atoms in total. The Morgan fingerprint density at radius 2 is 2.00 bits per heavy atom. The zero-order valence-corrected chi connectivity index (χ0v) is 11.6. The van der Waals surface area contributed by atoms with Gasteiger partial charge in [-0.1, -0.05) is 23.2 Å². The summed E-state index contributed by atoms with van der Waals surface area (Å²) in [4.78, 5) is 0. The highest BCUT2D eigenvalue weighted by atomic mass is 35.5. The SMILES string of the molecule is CC(C)(NCc1cc(Cl)cc(Cl)c1O)C1CC1. The third kappa shape index (κ3) is 3.06. The number of halogens is 2. The summed E-state index contributed by atoms with van der Waals surface area (Å²) in [5.41, 5.74) is 0.845. The van der Waals surface area contributed by atoms with Gasteiger partial charge < -0.3 is 10.4 Å². The normalized spacial score (nSPS) is 16.2. The molecule has 94 valence electrons. The number of phenols is 1. The van der Waals surface area contributed by atoms with Crippen molar-refractivity contribution in [2.45, 2.75) is 38.8 Å². The Kier molecular flexibility index (Phi) is 3.58. The zero-order chi connectivity index (χ0) is 12.6. The first-order valence-electron chi connectivity index (χ1n) is 5.82.